The maximum absolute atomic E-state index is 3.45. The summed E-state index contributed by atoms with van der Waals surface area (Å²) in [4.78, 5) is 1.39. The van der Waals surface area contributed by atoms with Crippen LogP contribution in [0.25, 0.3) is 0 Å². The quantitative estimate of drug-likeness (QED) is 0.861. The highest BCUT2D eigenvalue weighted by Gasteiger charge is 1.99. The maximum Gasteiger partial charge on any atom is 0.0302 e. The summed E-state index contributed by atoms with van der Waals surface area (Å²) in [5, 5.41) is 5.57. The van der Waals surface area contributed by atoms with E-state index in [1.165, 1.54) is 15.8 Å². The van der Waals surface area contributed by atoms with Gasteiger partial charge in [-0.15, -0.1) is 11.3 Å². The van der Waals surface area contributed by atoms with Crippen molar-refractivity contribution in [1.82, 2.24) is 5.32 Å². The van der Waals surface area contributed by atoms with E-state index in [0.29, 0.717) is 6.04 Å². The number of thiophene rings is 1. The lowest BCUT2D eigenvalue weighted by Gasteiger charge is -2.09. The normalized spacial score (nSPS) is 13.2. The summed E-state index contributed by atoms with van der Waals surface area (Å²) in [5.74, 6) is 0. The van der Waals surface area contributed by atoms with Crippen molar-refractivity contribution < 1.29 is 0 Å². The Bertz CT molecular complexity index is 234. The van der Waals surface area contributed by atoms with Crippen LogP contribution < -0.4 is 5.32 Å². The van der Waals surface area contributed by atoms with Gasteiger partial charge in [-0.25, -0.2) is 0 Å². The number of hydrogen-bond acceptors (Lipinski definition) is 2. The fourth-order valence-electron chi connectivity index (χ4n) is 0.866. The first kappa shape index (κ1) is 10.2. The molecular formula is C9H14BrNS. The van der Waals surface area contributed by atoms with E-state index in [-0.39, 0.29) is 0 Å². The molecule has 1 aromatic rings. The Hall–Kier alpha value is 0.140. The van der Waals surface area contributed by atoms with Crippen molar-refractivity contribution in [3.63, 3.8) is 0 Å². The highest BCUT2D eigenvalue weighted by molar-refractivity contribution is 9.10. The van der Waals surface area contributed by atoms with E-state index < -0.39 is 0 Å². The first-order chi connectivity index (χ1) is 5.72. The fraction of sp³-hybridized carbons (Fsp3) is 0.556. The third-order valence-electron chi connectivity index (χ3n) is 1.86. The lowest BCUT2D eigenvalue weighted by Crippen LogP contribution is -2.23. The van der Waals surface area contributed by atoms with Crippen LogP contribution in [-0.2, 0) is 6.54 Å². The van der Waals surface area contributed by atoms with Crippen LogP contribution in [0.15, 0.2) is 15.9 Å². The SMILES string of the molecule is CCC(C)NCc1cc(Br)cs1. The summed E-state index contributed by atoms with van der Waals surface area (Å²) in [6, 6.07) is 2.78. The largest absolute Gasteiger partial charge is 0.309 e. The zero-order valence-corrected chi connectivity index (χ0v) is 9.83. The minimum Gasteiger partial charge on any atom is -0.309 e. The van der Waals surface area contributed by atoms with Gasteiger partial charge in [-0.3, -0.25) is 0 Å². The first-order valence-electron chi connectivity index (χ1n) is 4.18. The van der Waals surface area contributed by atoms with E-state index >= 15 is 0 Å². The van der Waals surface area contributed by atoms with Crippen molar-refractivity contribution in [2.45, 2.75) is 32.9 Å². The van der Waals surface area contributed by atoms with Gasteiger partial charge in [0.15, 0.2) is 0 Å². The molecular weight excluding hydrogens is 234 g/mol. The summed E-state index contributed by atoms with van der Waals surface area (Å²) in [7, 11) is 0. The van der Waals surface area contributed by atoms with E-state index in [0.717, 1.165) is 6.54 Å². The van der Waals surface area contributed by atoms with Crippen LogP contribution in [0.5, 0.6) is 0 Å². The van der Waals surface area contributed by atoms with E-state index in [4.69, 9.17) is 0 Å². The third-order valence-corrected chi connectivity index (χ3v) is 3.56. The van der Waals surface area contributed by atoms with Gasteiger partial charge in [0.2, 0.25) is 0 Å². The van der Waals surface area contributed by atoms with Gasteiger partial charge in [0, 0.05) is 27.3 Å². The van der Waals surface area contributed by atoms with Gasteiger partial charge in [0.25, 0.3) is 0 Å². The van der Waals surface area contributed by atoms with Crippen LogP contribution in [0.3, 0.4) is 0 Å². The molecule has 68 valence electrons. The van der Waals surface area contributed by atoms with Gasteiger partial charge in [-0.05, 0) is 35.3 Å². The Morgan fingerprint density at radius 3 is 2.92 bits per heavy atom. The Balaban J connectivity index is 2.33. The molecule has 0 amide bonds. The predicted octanol–water partition coefficient (Wildman–Crippen LogP) is 3.40. The minimum absolute atomic E-state index is 0.617. The molecule has 0 radical (unpaired) electrons. The molecule has 0 aliphatic carbocycles. The Labute approximate surface area is 86.3 Å². The van der Waals surface area contributed by atoms with Gasteiger partial charge < -0.3 is 5.32 Å². The Morgan fingerprint density at radius 1 is 1.67 bits per heavy atom. The summed E-state index contributed by atoms with van der Waals surface area (Å²) >= 11 is 5.23. The predicted molar refractivity (Wildman–Crippen MR) is 58.6 cm³/mol. The van der Waals surface area contributed by atoms with Crippen molar-refractivity contribution in [3.05, 3.63) is 20.8 Å². The van der Waals surface area contributed by atoms with E-state index in [1.54, 1.807) is 11.3 Å². The fourth-order valence-corrected chi connectivity index (χ4v) is 2.27. The van der Waals surface area contributed by atoms with Gasteiger partial charge in [-0.1, -0.05) is 6.92 Å². The van der Waals surface area contributed by atoms with Crippen molar-refractivity contribution in [3.8, 4) is 0 Å². The van der Waals surface area contributed by atoms with Gasteiger partial charge in [-0.2, -0.15) is 0 Å². The highest BCUT2D eigenvalue weighted by Crippen LogP contribution is 2.19. The summed E-state index contributed by atoms with van der Waals surface area (Å²) in [5.41, 5.74) is 0. The summed E-state index contributed by atoms with van der Waals surface area (Å²) in [6.45, 7) is 5.40. The van der Waals surface area contributed by atoms with Crippen molar-refractivity contribution in [2.24, 2.45) is 0 Å². The monoisotopic (exact) mass is 247 g/mol. The Morgan fingerprint density at radius 2 is 2.42 bits per heavy atom. The van der Waals surface area contributed by atoms with Crippen molar-refractivity contribution in [2.75, 3.05) is 0 Å². The average molecular weight is 248 g/mol. The molecule has 0 saturated heterocycles. The number of halogens is 1. The van der Waals surface area contributed by atoms with Crippen molar-refractivity contribution in [1.29, 1.82) is 0 Å². The maximum atomic E-state index is 3.45. The number of nitrogens with one attached hydrogen (secondary N) is 1. The molecule has 1 aromatic heterocycles. The van der Waals surface area contributed by atoms with E-state index in [1.807, 2.05) is 0 Å². The van der Waals surface area contributed by atoms with Crippen LogP contribution in [0.4, 0.5) is 0 Å². The molecule has 3 heteroatoms. The van der Waals surface area contributed by atoms with Crippen LogP contribution in [0.1, 0.15) is 25.1 Å². The molecule has 1 nitrogen and oxygen atoms in total. The van der Waals surface area contributed by atoms with Crippen LogP contribution in [-0.4, -0.2) is 6.04 Å². The van der Waals surface area contributed by atoms with E-state index in [9.17, 15) is 0 Å². The molecule has 0 bridgehead atoms. The number of hydrogen-bond donors (Lipinski definition) is 1. The summed E-state index contributed by atoms with van der Waals surface area (Å²) < 4.78 is 1.19. The van der Waals surface area contributed by atoms with Crippen LogP contribution in [0.2, 0.25) is 0 Å². The molecule has 1 unspecified atom stereocenters. The molecule has 0 fully saturated rings. The smallest absolute Gasteiger partial charge is 0.0302 e. The first-order valence-corrected chi connectivity index (χ1v) is 5.86. The molecule has 1 rings (SSSR count). The molecule has 1 atom stereocenters. The third kappa shape index (κ3) is 3.25. The molecule has 0 aliphatic rings. The molecule has 12 heavy (non-hydrogen) atoms. The highest BCUT2D eigenvalue weighted by atomic mass is 79.9. The zero-order valence-electron chi connectivity index (χ0n) is 7.43. The topological polar surface area (TPSA) is 12.0 Å². The second kappa shape index (κ2) is 5.00. The van der Waals surface area contributed by atoms with Crippen molar-refractivity contribution >= 4 is 27.3 Å². The second-order valence-corrected chi connectivity index (χ2v) is 4.83. The zero-order chi connectivity index (χ0) is 8.97. The minimum atomic E-state index is 0.617. The lowest BCUT2D eigenvalue weighted by molar-refractivity contribution is 0.537. The molecule has 0 saturated carbocycles. The molecule has 0 spiro atoms. The van der Waals surface area contributed by atoms with E-state index in [2.05, 4.69) is 46.5 Å². The van der Waals surface area contributed by atoms with Crippen LogP contribution in [0, 0.1) is 0 Å². The standard InChI is InChI=1S/C9H14BrNS/c1-3-7(2)11-5-9-4-8(10)6-12-9/h4,6-7,11H,3,5H2,1-2H3. The molecule has 0 aromatic carbocycles. The van der Waals surface area contributed by atoms with Gasteiger partial charge in [0.1, 0.15) is 0 Å². The van der Waals surface area contributed by atoms with Gasteiger partial charge >= 0.3 is 0 Å². The lowest BCUT2D eigenvalue weighted by atomic mass is 10.2. The second-order valence-electron chi connectivity index (χ2n) is 2.92. The van der Waals surface area contributed by atoms with Gasteiger partial charge in [0.05, 0.1) is 0 Å². The summed E-state index contributed by atoms with van der Waals surface area (Å²) in [6.07, 6.45) is 1.19. The molecule has 1 heterocycles. The molecule has 1 N–H and O–H groups in total. The number of rotatable bonds is 4. The average Bonchev–Trinajstić information content (AvgIpc) is 2.47. The molecule has 0 aliphatic heterocycles. The Kier molecular flexibility index (Phi) is 4.26. The van der Waals surface area contributed by atoms with Crippen LogP contribution >= 0.6 is 27.3 Å².